The third-order valence-corrected chi connectivity index (χ3v) is 4.39. The summed E-state index contributed by atoms with van der Waals surface area (Å²) in [6.45, 7) is 1.16. The average Bonchev–Trinajstić information content (AvgIpc) is 2.54. The number of ether oxygens (including phenoxy) is 2. The zero-order chi connectivity index (χ0) is 15.5. The minimum atomic E-state index is -0.389. The van der Waals surface area contributed by atoms with E-state index in [-0.39, 0.29) is 24.3 Å². The third-order valence-electron chi connectivity index (χ3n) is 3.53. The number of anilines is 1. The van der Waals surface area contributed by atoms with Crippen LogP contribution in [-0.2, 0) is 29.2 Å². The Morgan fingerprint density at radius 3 is 2.95 bits per heavy atom. The lowest BCUT2D eigenvalue weighted by Crippen LogP contribution is -2.38. The van der Waals surface area contributed by atoms with Crippen LogP contribution in [-0.4, -0.2) is 22.3 Å². The maximum absolute atomic E-state index is 11.8. The largest absolute Gasteiger partial charge is 0.383 e. The summed E-state index contributed by atoms with van der Waals surface area (Å²) in [5.41, 5.74) is 7.25. The summed E-state index contributed by atoms with van der Waals surface area (Å²) in [5.74, 6) is 0.210. The second-order valence-electron chi connectivity index (χ2n) is 5.09. The summed E-state index contributed by atoms with van der Waals surface area (Å²) in [6.07, 6.45) is 0.443. The summed E-state index contributed by atoms with van der Waals surface area (Å²) in [4.78, 5) is 15.5. The van der Waals surface area contributed by atoms with Gasteiger partial charge in [0.2, 0.25) is 0 Å². The van der Waals surface area contributed by atoms with Gasteiger partial charge in [-0.3, -0.25) is 4.57 Å². The van der Waals surface area contributed by atoms with E-state index < -0.39 is 0 Å². The average molecular weight is 366 g/mol. The van der Waals surface area contributed by atoms with E-state index in [0.29, 0.717) is 24.1 Å². The number of hydrogen-bond donors (Lipinski definition) is 1. The predicted octanol–water partition coefficient (Wildman–Crippen LogP) is 1.70. The van der Waals surface area contributed by atoms with Crippen LogP contribution < -0.4 is 11.4 Å². The topological polar surface area (TPSA) is 79.4 Å². The lowest BCUT2D eigenvalue weighted by atomic mass is 10.1. The second kappa shape index (κ2) is 6.60. The van der Waals surface area contributed by atoms with Crippen LogP contribution in [0.1, 0.15) is 11.3 Å². The fraction of sp³-hybridized carbons (Fsp3) is 0.333. The van der Waals surface area contributed by atoms with Crippen LogP contribution in [0, 0.1) is 0 Å². The molecule has 1 aliphatic rings. The van der Waals surface area contributed by atoms with E-state index in [4.69, 9.17) is 15.2 Å². The van der Waals surface area contributed by atoms with Gasteiger partial charge in [-0.2, -0.15) is 4.98 Å². The molecule has 0 spiro atoms. The van der Waals surface area contributed by atoms with Gasteiger partial charge in [0.05, 0.1) is 23.8 Å². The molecule has 0 fully saturated rings. The molecule has 0 amide bonds. The molecular weight excluding hydrogens is 350 g/mol. The molecule has 1 aromatic carbocycles. The van der Waals surface area contributed by atoms with Crippen molar-refractivity contribution in [1.29, 1.82) is 0 Å². The zero-order valence-electron chi connectivity index (χ0n) is 11.9. The molecule has 0 radical (unpaired) electrons. The van der Waals surface area contributed by atoms with Gasteiger partial charge < -0.3 is 15.2 Å². The predicted molar refractivity (Wildman–Crippen MR) is 85.3 cm³/mol. The Bertz CT molecular complexity index is 718. The smallest absolute Gasteiger partial charge is 0.351 e. The molecule has 1 aromatic heterocycles. The van der Waals surface area contributed by atoms with Gasteiger partial charge >= 0.3 is 5.69 Å². The summed E-state index contributed by atoms with van der Waals surface area (Å²) in [5, 5.41) is 0. The molecule has 3 rings (SSSR count). The van der Waals surface area contributed by atoms with Crippen LogP contribution in [0.5, 0.6) is 0 Å². The zero-order valence-corrected chi connectivity index (χ0v) is 13.5. The molecular formula is C15H16BrN3O3. The number of nitrogens with zero attached hydrogens (tertiary/aromatic N) is 2. The van der Waals surface area contributed by atoms with Gasteiger partial charge in [-0.05, 0) is 21.5 Å². The van der Waals surface area contributed by atoms with E-state index in [0.717, 1.165) is 11.3 Å². The standard InChI is InChI=1S/C15H16BrN3O3/c16-13-12-6-11(8-21-7-10-4-2-1-3-5-10)22-9-19(12)15(20)18-14(13)17/h1-5,11H,6-9H2,(H2,17,18,20). The number of aromatic nitrogens is 2. The number of benzene rings is 1. The first-order chi connectivity index (χ1) is 10.6. The maximum Gasteiger partial charge on any atom is 0.351 e. The Morgan fingerprint density at radius 1 is 1.41 bits per heavy atom. The Kier molecular flexibility index (Phi) is 4.56. The number of rotatable bonds is 4. The van der Waals surface area contributed by atoms with Crippen molar-refractivity contribution >= 4 is 21.7 Å². The molecule has 2 N–H and O–H groups in total. The summed E-state index contributed by atoms with van der Waals surface area (Å²) < 4.78 is 13.5. The summed E-state index contributed by atoms with van der Waals surface area (Å²) in [7, 11) is 0. The van der Waals surface area contributed by atoms with E-state index in [1.54, 1.807) is 0 Å². The van der Waals surface area contributed by atoms with Crippen LogP contribution in [0.4, 0.5) is 5.82 Å². The first-order valence-corrected chi connectivity index (χ1v) is 7.72. The highest BCUT2D eigenvalue weighted by Gasteiger charge is 2.24. The maximum atomic E-state index is 11.8. The van der Waals surface area contributed by atoms with Gasteiger partial charge in [-0.1, -0.05) is 30.3 Å². The molecule has 1 unspecified atom stereocenters. The van der Waals surface area contributed by atoms with Gasteiger partial charge in [0.25, 0.3) is 0 Å². The van der Waals surface area contributed by atoms with Crippen LogP contribution in [0.3, 0.4) is 0 Å². The van der Waals surface area contributed by atoms with Gasteiger partial charge in [0.15, 0.2) is 0 Å². The minimum absolute atomic E-state index is 0.110. The lowest BCUT2D eigenvalue weighted by molar-refractivity contribution is -0.0655. The van der Waals surface area contributed by atoms with Gasteiger partial charge in [0.1, 0.15) is 12.5 Å². The molecule has 1 aliphatic heterocycles. The number of halogens is 1. The quantitative estimate of drug-likeness (QED) is 0.891. The van der Waals surface area contributed by atoms with E-state index >= 15 is 0 Å². The lowest BCUT2D eigenvalue weighted by Gasteiger charge is -2.27. The van der Waals surface area contributed by atoms with E-state index in [1.165, 1.54) is 4.57 Å². The van der Waals surface area contributed by atoms with Crippen molar-refractivity contribution in [2.24, 2.45) is 0 Å². The van der Waals surface area contributed by atoms with Gasteiger partial charge in [-0.25, -0.2) is 4.79 Å². The van der Waals surface area contributed by atoms with Gasteiger partial charge in [-0.15, -0.1) is 0 Å². The van der Waals surface area contributed by atoms with Crippen LogP contribution in [0.25, 0.3) is 0 Å². The Morgan fingerprint density at radius 2 is 2.18 bits per heavy atom. The van der Waals surface area contributed by atoms with Gasteiger partial charge in [0, 0.05) is 12.1 Å². The molecule has 0 saturated carbocycles. The molecule has 7 heteroatoms. The number of nitrogen functional groups attached to an aromatic ring is 1. The van der Waals surface area contributed by atoms with Crippen molar-refractivity contribution in [3.8, 4) is 0 Å². The second-order valence-corrected chi connectivity index (χ2v) is 5.88. The van der Waals surface area contributed by atoms with Crippen LogP contribution in [0.15, 0.2) is 39.6 Å². The van der Waals surface area contributed by atoms with Crippen molar-refractivity contribution in [2.45, 2.75) is 25.9 Å². The van der Waals surface area contributed by atoms with E-state index in [9.17, 15) is 4.79 Å². The molecule has 6 nitrogen and oxygen atoms in total. The highest BCUT2D eigenvalue weighted by molar-refractivity contribution is 9.10. The summed E-state index contributed by atoms with van der Waals surface area (Å²) >= 11 is 3.39. The SMILES string of the molecule is Nc1nc(=O)n2c(c1Br)CC(COCc1ccccc1)OC2. The third kappa shape index (κ3) is 3.21. The van der Waals surface area contributed by atoms with Crippen molar-refractivity contribution in [2.75, 3.05) is 12.3 Å². The first kappa shape index (κ1) is 15.2. The molecule has 0 bridgehead atoms. The Hall–Kier alpha value is -1.70. The van der Waals surface area contributed by atoms with Crippen molar-refractivity contribution in [3.63, 3.8) is 0 Å². The molecule has 1 atom stereocenters. The molecule has 0 saturated heterocycles. The number of hydrogen-bond acceptors (Lipinski definition) is 5. The Balaban J connectivity index is 1.63. The monoisotopic (exact) mass is 365 g/mol. The number of fused-ring (bicyclic) bond motifs is 1. The van der Waals surface area contributed by atoms with Crippen molar-refractivity contribution in [3.05, 3.63) is 56.5 Å². The van der Waals surface area contributed by atoms with Crippen molar-refractivity contribution < 1.29 is 9.47 Å². The fourth-order valence-corrected chi connectivity index (χ4v) is 2.84. The van der Waals surface area contributed by atoms with Crippen LogP contribution >= 0.6 is 15.9 Å². The first-order valence-electron chi connectivity index (χ1n) is 6.93. The molecule has 2 heterocycles. The highest BCUT2D eigenvalue weighted by atomic mass is 79.9. The Labute approximate surface area is 136 Å². The summed E-state index contributed by atoms with van der Waals surface area (Å²) in [6, 6.07) is 9.95. The molecule has 116 valence electrons. The molecule has 0 aliphatic carbocycles. The van der Waals surface area contributed by atoms with Crippen molar-refractivity contribution in [1.82, 2.24) is 9.55 Å². The number of nitrogens with two attached hydrogens (primary N) is 1. The minimum Gasteiger partial charge on any atom is -0.383 e. The molecule has 2 aromatic rings. The normalized spacial score (nSPS) is 17.2. The van der Waals surface area contributed by atoms with E-state index in [2.05, 4.69) is 20.9 Å². The highest BCUT2D eigenvalue weighted by Crippen LogP contribution is 2.25. The fourth-order valence-electron chi connectivity index (χ4n) is 2.37. The van der Waals surface area contributed by atoms with Crippen LogP contribution in [0.2, 0.25) is 0 Å². The molecule has 22 heavy (non-hydrogen) atoms. The van der Waals surface area contributed by atoms with E-state index in [1.807, 2.05) is 30.3 Å².